The monoisotopic (exact) mass is 328 g/mol. The van der Waals surface area contributed by atoms with Gasteiger partial charge in [0.2, 0.25) is 5.16 Å². The second kappa shape index (κ2) is 7.15. The Balaban J connectivity index is 1.63. The Kier molecular flexibility index (Phi) is 4.77. The number of ether oxygens (including phenoxy) is 1. The summed E-state index contributed by atoms with van der Waals surface area (Å²) >= 11 is 1.47. The van der Waals surface area contributed by atoms with Crippen LogP contribution in [0.25, 0.3) is 0 Å². The number of para-hydroxylation sites is 1. The third-order valence-electron chi connectivity index (χ3n) is 3.14. The summed E-state index contributed by atoms with van der Waals surface area (Å²) in [7, 11) is 0. The van der Waals surface area contributed by atoms with E-state index in [1.807, 2.05) is 49.6 Å². The molecule has 0 amide bonds. The first-order chi connectivity index (χ1) is 11.3. The van der Waals surface area contributed by atoms with E-state index in [2.05, 4.69) is 15.3 Å². The van der Waals surface area contributed by atoms with E-state index in [0.717, 1.165) is 22.2 Å². The standard InChI is InChI=1S/C16H16N4O2S/c1-12-5-3-4-6-15(12)21-10-14-8-7-13(22-14)9-18-20-11-17-19-16(20)23-2/h3-9,11H,10H2,1-2H3. The molecule has 2 aromatic heterocycles. The number of aryl methyl sites for hydroxylation is 1. The molecule has 0 saturated carbocycles. The average Bonchev–Trinajstić information content (AvgIpc) is 3.21. The zero-order chi connectivity index (χ0) is 16.1. The lowest BCUT2D eigenvalue weighted by Crippen LogP contribution is -1.95. The van der Waals surface area contributed by atoms with E-state index >= 15 is 0 Å². The van der Waals surface area contributed by atoms with E-state index in [4.69, 9.17) is 9.15 Å². The molecule has 0 aliphatic heterocycles. The topological polar surface area (TPSA) is 65.4 Å². The molecule has 0 spiro atoms. The molecule has 0 atom stereocenters. The second-order valence-electron chi connectivity index (χ2n) is 4.77. The first-order valence-corrected chi connectivity index (χ1v) is 8.24. The van der Waals surface area contributed by atoms with Gasteiger partial charge in [0, 0.05) is 0 Å². The Morgan fingerprint density at radius 1 is 1.30 bits per heavy atom. The van der Waals surface area contributed by atoms with Crippen LogP contribution in [-0.4, -0.2) is 27.3 Å². The number of rotatable bonds is 6. The molecule has 0 N–H and O–H groups in total. The highest BCUT2D eigenvalue weighted by Crippen LogP contribution is 2.18. The van der Waals surface area contributed by atoms with Crippen LogP contribution in [0.5, 0.6) is 5.75 Å². The second-order valence-corrected chi connectivity index (χ2v) is 5.54. The summed E-state index contributed by atoms with van der Waals surface area (Å²) in [6, 6.07) is 11.6. The Bertz CT molecular complexity index is 810. The predicted molar refractivity (Wildman–Crippen MR) is 89.0 cm³/mol. The van der Waals surface area contributed by atoms with E-state index in [9.17, 15) is 0 Å². The summed E-state index contributed by atoms with van der Waals surface area (Å²) in [5.41, 5.74) is 1.10. The van der Waals surface area contributed by atoms with Gasteiger partial charge in [-0.1, -0.05) is 30.0 Å². The molecule has 7 heteroatoms. The van der Waals surface area contributed by atoms with Crippen LogP contribution in [-0.2, 0) is 6.61 Å². The number of furan rings is 1. The third kappa shape index (κ3) is 3.81. The van der Waals surface area contributed by atoms with Gasteiger partial charge in [0.15, 0.2) is 0 Å². The van der Waals surface area contributed by atoms with Gasteiger partial charge in [-0.25, -0.2) is 0 Å². The van der Waals surface area contributed by atoms with Crippen molar-refractivity contribution in [1.29, 1.82) is 0 Å². The minimum atomic E-state index is 0.376. The molecule has 0 radical (unpaired) electrons. The van der Waals surface area contributed by atoms with Gasteiger partial charge in [-0.05, 0) is 36.9 Å². The molecule has 0 fully saturated rings. The van der Waals surface area contributed by atoms with Crippen LogP contribution in [0.3, 0.4) is 0 Å². The number of thioether (sulfide) groups is 1. The fourth-order valence-electron chi connectivity index (χ4n) is 1.96. The summed E-state index contributed by atoms with van der Waals surface area (Å²) < 4.78 is 13.0. The van der Waals surface area contributed by atoms with Crippen molar-refractivity contribution in [3.63, 3.8) is 0 Å². The molecular weight excluding hydrogens is 312 g/mol. The highest BCUT2D eigenvalue weighted by molar-refractivity contribution is 7.98. The van der Waals surface area contributed by atoms with Crippen LogP contribution in [0, 0.1) is 6.92 Å². The third-order valence-corrected chi connectivity index (χ3v) is 3.77. The average molecular weight is 328 g/mol. The molecular formula is C16H16N4O2S. The van der Waals surface area contributed by atoms with Crippen molar-refractivity contribution < 1.29 is 9.15 Å². The van der Waals surface area contributed by atoms with Gasteiger partial charge in [0.1, 0.15) is 30.2 Å². The molecule has 0 unspecified atom stereocenters. The Labute approximate surface area is 138 Å². The molecule has 3 rings (SSSR count). The van der Waals surface area contributed by atoms with Gasteiger partial charge < -0.3 is 9.15 Å². The molecule has 23 heavy (non-hydrogen) atoms. The first kappa shape index (κ1) is 15.4. The van der Waals surface area contributed by atoms with Crippen LogP contribution >= 0.6 is 11.8 Å². The highest BCUT2D eigenvalue weighted by atomic mass is 32.2. The van der Waals surface area contributed by atoms with Crippen molar-refractivity contribution in [2.45, 2.75) is 18.7 Å². The van der Waals surface area contributed by atoms with E-state index in [-0.39, 0.29) is 0 Å². The van der Waals surface area contributed by atoms with Crippen molar-refractivity contribution in [2.75, 3.05) is 6.26 Å². The predicted octanol–water partition coefficient (Wildman–Crippen LogP) is 3.36. The van der Waals surface area contributed by atoms with Crippen LogP contribution in [0.4, 0.5) is 0 Å². The van der Waals surface area contributed by atoms with E-state index in [1.54, 1.807) is 17.2 Å². The van der Waals surface area contributed by atoms with Crippen molar-refractivity contribution in [2.24, 2.45) is 5.10 Å². The molecule has 118 valence electrons. The molecule has 0 bridgehead atoms. The lowest BCUT2D eigenvalue weighted by Gasteiger charge is -2.06. The minimum Gasteiger partial charge on any atom is -0.485 e. The van der Waals surface area contributed by atoms with E-state index in [0.29, 0.717) is 12.4 Å². The summed E-state index contributed by atoms with van der Waals surface area (Å²) in [5.74, 6) is 2.24. The number of hydrogen-bond acceptors (Lipinski definition) is 6. The fourth-order valence-corrected chi connectivity index (χ4v) is 2.37. The summed E-state index contributed by atoms with van der Waals surface area (Å²) in [6.45, 7) is 2.39. The van der Waals surface area contributed by atoms with Gasteiger partial charge in [0.05, 0.1) is 6.21 Å². The Morgan fingerprint density at radius 3 is 3.00 bits per heavy atom. The van der Waals surface area contributed by atoms with Gasteiger partial charge in [-0.3, -0.25) is 0 Å². The summed E-state index contributed by atoms with van der Waals surface area (Å²) in [6.07, 6.45) is 5.10. The molecule has 0 aliphatic carbocycles. The molecule has 0 aliphatic rings. The molecule has 3 aromatic rings. The first-order valence-electron chi connectivity index (χ1n) is 7.02. The number of benzene rings is 1. The van der Waals surface area contributed by atoms with Crippen molar-refractivity contribution >= 4 is 18.0 Å². The summed E-state index contributed by atoms with van der Waals surface area (Å²) in [4.78, 5) is 0. The summed E-state index contributed by atoms with van der Waals surface area (Å²) in [5, 5.41) is 12.7. The SMILES string of the molecule is CSc1nncn1N=Cc1ccc(COc2ccccc2C)o1. The van der Waals surface area contributed by atoms with E-state index in [1.165, 1.54) is 11.8 Å². The quantitative estimate of drug-likeness (QED) is 0.513. The number of nitrogens with zero attached hydrogens (tertiary/aromatic N) is 4. The number of aromatic nitrogens is 3. The normalized spacial score (nSPS) is 11.2. The van der Waals surface area contributed by atoms with Crippen LogP contribution in [0.15, 0.2) is 57.4 Å². The molecule has 1 aromatic carbocycles. The molecule has 0 saturated heterocycles. The van der Waals surface area contributed by atoms with Crippen molar-refractivity contribution in [1.82, 2.24) is 14.9 Å². The lowest BCUT2D eigenvalue weighted by atomic mass is 10.2. The molecule has 2 heterocycles. The van der Waals surface area contributed by atoms with Gasteiger partial charge in [-0.2, -0.15) is 9.78 Å². The lowest BCUT2D eigenvalue weighted by molar-refractivity contribution is 0.268. The Morgan fingerprint density at radius 2 is 2.17 bits per heavy atom. The van der Waals surface area contributed by atoms with Crippen LogP contribution in [0.2, 0.25) is 0 Å². The maximum atomic E-state index is 5.76. The Hall–Kier alpha value is -2.54. The molecule has 6 nitrogen and oxygen atoms in total. The van der Waals surface area contributed by atoms with E-state index < -0.39 is 0 Å². The van der Waals surface area contributed by atoms with Crippen LogP contribution < -0.4 is 4.74 Å². The smallest absolute Gasteiger partial charge is 0.211 e. The van der Waals surface area contributed by atoms with Crippen molar-refractivity contribution in [3.05, 3.63) is 59.8 Å². The van der Waals surface area contributed by atoms with Crippen molar-refractivity contribution in [3.8, 4) is 5.75 Å². The van der Waals surface area contributed by atoms with Gasteiger partial charge >= 0.3 is 0 Å². The van der Waals surface area contributed by atoms with Crippen LogP contribution in [0.1, 0.15) is 17.1 Å². The highest BCUT2D eigenvalue weighted by Gasteiger charge is 2.04. The zero-order valence-electron chi connectivity index (χ0n) is 12.8. The maximum absolute atomic E-state index is 5.76. The minimum absolute atomic E-state index is 0.376. The largest absolute Gasteiger partial charge is 0.485 e. The number of hydrogen-bond donors (Lipinski definition) is 0. The van der Waals surface area contributed by atoms with Gasteiger partial charge in [0.25, 0.3) is 0 Å². The van der Waals surface area contributed by atoms with Gasteiger partial charge in [-0.15, -0.1) is 10.2 Å². The fraction of sp³-hybridized carbons (Fsp3) is 0.188. The zero-order valence-corrected chi connectivity index (χ0v) is 13.7. The maximum Gasteiger partial charge on any atom is 0.211 e.